The fourth-order valence-electron chi connectivity index (χ4n) is 2.73. The highest BCUT2D eigenvalue weighted by Gasteiger charge is 2.28. The van der Waals surface area contributed by atoms with E-state index in [2.05, 4.69) is 5.10 Å². The first-order valence-electron chi connectivity index (χ1n) is 7.02. The number of amides is 1. The monoisotopic (exact) mass is 265 g/mol. The van der Waals surface area contributed by atoms with E-state index in [9.17, 15) is 9.90 Å². The molecule has 0 aliphatic carbocycles. The van der Waals surface area contributed by atoms with Crippen molar-refractivity contribution in [2.45, 2.75) is 39.2 Å². The number of aliphatic hydroxyl groups excluding tert-OH is 1. The molecular weight excluding hydrogens is 242 g/mol. The van der Waals surface area contributed by atoms with Crippen LogP contribution in [0, 0.1) is 5.92 Å². The summed E-state index contributed by atoms with van der Waals surface area (Å²) in [4.78, 5) is 14.4. The van der Waals surface area contributed by atoms with Gasteiger partial charge in [0.1, 0.15) is 0 Å². The summed E-state index contributed by atoms with van der Waals surface area (Å²) >= 11 is 0. The number of carbonyl (C=O) groups excluding carboxylic acids is 1. The molecule has 0 bridgehead atoms. The number of aryl methyl sites for hydroxylation is 2. The highest BCUT2D eigenvalue weighted by molar-refractivity contribution is 5.95. The Bertz CT molecular complexity index is 454. The van der Waals surface area contributed by atoms with Gasteiger partial charge in [0.05, 0.1) is 17.4 Å². The SMILES string of the molecule is CCc1nn(C)cc1C(=O)N1CCCC(C(C)O)C1. The van der Waals surface area contributed by atoms with Gasteiger partial charge in [0.25, 0.3) is 5.91 Å². The molecule has 0 saturated carbocycles. The van der Waals surface area contributed by atoms with Crippen LogP contribution in [0.1, 0.15) is 42.7 Å². The molecule has 1 aromatic rings. The van der Waals surface area contributed by atoms with E-state index in [1.54, 1.807) is 17.8 Å². The summed E-state index contributed by atoms with van der Waals surface area (Å²) in [6.07, 6.45) is 4.16. The minimum Gasteiger partial charge on any atom is -0.393 e. The second-order valence-electron chi connectivity index (χ2n) is 5.41. The quantitative estimate of drug-likeness (QED) is 0.894. The van der Waals surface area contributed by atoms with Crippen molar-refractivity contribution in [1.29, 1.82) is 0 Å². The molecule has 1 aliphatic heterocycles. The number of likely N-dealkylation sites (tertiary alicyclic amines) is 1. The Kier molecular flexibility index (Phi) is 4.24. The van der Waals surface area contributed by atoms with Gasteiger partial charge in [-0.25, -0.2) is 0 Å². The molecule has 2 heterocycles. The van der Waals surface area contributed by atoms with Crippen LogP contribution in [0.2, 0.25) is 0 Å². The summed E-state index contributed by atoms with van der Waals surface area (Å²) in [5.74, 6) is 0.245. The lowest BCUT2D eigenvalue weighted by molar-refractivity contribution is 0.0465. The van der Waals surface area contributed by atoms with Crippen LogP contribution in [0.3, 0.4) is 0 Å². The smallest absolute Gasteiger partial charge is 0.257 e. The average molecular weight is 265 g/mol. The molecule has 2 rings (SSSR count). The van der Waals surface area contributed by atoms with Crippen LogP contribution in [0.25, 0.3) is 0 Å². The van der Waals surface area contributed by atoms with Gasteiger partial charge in [-0.2, -0.15) is 5.10 Å². The van der Waals surface area contributed by atoms with Gasteiger partial charge >= 0.3 is 0 Å². The van der Waals surface area contributed by atoms with Crippen LogP contribution in [0.4, 0.5) is 0 Å². The van der Waals surface area contributed by atoms with Crippen LogP contribution in [-0.2, 0) is 13.5 Å². The van der Waals surface area contributed by atoms with Gasteiger partial charge in [-0.3, -0.25) is 9.48 Å². The minimum atomic E-state index is -0.352. The Labute approximate surface area is 114 Å². The van der Waals surface area contributed by atoms with Crippen molar-refractivity contribution in [2.24, 2.45) is 13.0 Å². The molecule has 5 heteroatoms. The molecule has 19 heavy (non-hydrogen) atoms. The van der Waals surface area contributed by atoms with Gasteiger partial charge in [0.15, 0.2) is 0 Å². The van der Waals surface area contributed by atoms with Crippen LogP contribution in [-0.4, -0.2) is 44.9 Å². The van der Waals surface area contributed by atoms with Gasteiger partial charge < -0.3 is 10.0 Å². The summed E-state index contributed by atoms with van der Waals surface area (Å²) in [6, 6.07) is 0. The fourth-order valence-corrected chi connectivity index (χ4v) is 2.73. The maximum Gasteiger partial charge on any atom is 0.257 e. The Morgan fingerprint density at radius 1 is 1.63 bits per heavy atom. The lowest BCUT2D eigenvalue weighted by Crippen LogP contribution is -2.43. The molecule has 1 aliphatic rings. The van der Waals surface area contributed by atoms with Crippen molar-refractivity contribution in [3.63, 3.8) is 0 Å². The third kappa shape index (κ3) is 2.97. The van der Waals surface area contributed by atoms with Gasteiger partial charge in [0.2, 0.25) is 0 Å². The highest BCUT2D eigenvalue weighted by atomic mass is 16.3. The number of rotatable bonds is 3. The lowest BCUT2D eigenvalue weighted by atomic mass is 9.93. The van der Waals surface area contributed by atoms with E-state index in [1.807, 2.05) is 18.9 Å². The minimum absolute atomic E-state index is 0.0512. The zero-order valence-electron chi connectivity index (χ0n) is 12.0. The second-order valence-corrected chi connectivity index (χ2v) is 5.41. The summed E-state index contributed by atoms with van der Waals surface area (Å²) in [5, 5.41) is 14.0. The average Bonchev–Trinajstić information content (AvgIpc) is 2.79. The Hall–Kier alpha value is -1.36. The molecule has 1 fully saturated rings. The van der Waals surface area contributed by atoms with E-state index in [4.69, 9.17) is 0 Å². The number of carbonyl (C=O) groups is 1. The van der Waals surface area contributed by atoms with E-state index in [0.717, 1.165) is 31.5 Å². The Morgan fingerprint density at radius 3 is 3.00 bits per heavy atom. The first kappa shape index (κ1) is 14.1. The molecule has 0 spiro atoms. The van der Waals surface area contributed by atoms with Crippen molar-refractivity contribution in [2.75, 3.05) is 13.1 Å². The van der Waals surface area contributed by atoms with E-state index >= 15 is 0 Å². The molecular formula is C14H23N3O2. The lowest BCUT2D eigenvalue weighted by Gasteiger charge is -2.34. The number of aliphatic hydroxyl groups is 1. The third-order valence-corrected chi connectivity index (χ3v) is 3.90. The van der Waals surface area contributed by atoms with Crippen LogP contribution in [0.5, 0.6) is 0 Å². The number of hydrogen-bond donors (Lipinski definition) is 1. The molecule has 2 unspecified atom stereocenters. The van der Waals surface area contributed by atoms with Crippen LogP contribution in [0.15, 0.2) is 6.20 Å². The number of aromatic nitrogens is 2. The molecule has 106 valence electrons. The van der Waals surface area contributed by atoms with E-state index in [0.29, 0.717) is 12.1 Å². The molecule has 0 aromatic carbocycles. The third-order valence-electron chi connectivity index (χ3n) is 3.90. The van der Waals surface area contributed by atoms with Gasteiger partial charge in [0, 0.05) is 32.3 Å². The van der Waals surface area contributed by atoms with Crippen molar-refractivity contribution in [3.05, 3.63) is 17.5 Å². The van der Waals surface area contributed by atoms with E-state index in [1.165, 1.54) is 0 Å². The molecule has 1 N–H and O–H groups in total. The predicted molar refractivity (Wildman–Crippen MR) is 72.9 cm³/mol. The van der Waals surface area contributed by atoms with Crippen molar-refractivity contribution < 1.29 is 9.90 Å². The van der Waals surface area contributed by atoms with Crippen molar-refractivity contribution in [3.8, 4) is 0 Å². The van der Waals surface area contributed by atoms with E-state index in [-0.39, 0.29) is 17.9 Å². The zero-order valence-corrected chi connectivity index (χ0v) is 12.0. The van der Waals surface area contributed by atoms with Gasteiger partial charge in [-0.05, 0) is 26.2 Å². The maximum atomic E-state index is 12.6. The van der Waals surface area contributed by atoms with Crippen LogP contribution < -0.4 is 0 Å². The summed E-state index contributed by atoms with van der Waals surface area (Å²) in [6.45, 7) is 5.24. The van der Waals surface area contributed by atoms with E-state index < -0.39 is 0 Å². The second kappa shape index (κ2) is 5.74. The molecule has 1 saturated heterocycles. The molecule has 0 radical (unpaired) electrons. The number of piperidine rings is 1. The summed E-state index contributed by atoms with van der Waals surface area (Å²) in [7, 11) is 1.84. The standard InChI is InChI=1S/C14H23N3O2/c1-4-13-12(9-16(3)15-13)14(19)17-7-5-6-11(8-17)10(2)18/h9-11,18H,4-8H2,1-3H3. The number of hydrogen-bond acceptors (Lipinski definition) is 3. The molecule has 5 nitrogen and oxygen atoms in total. The normalized spacial score (nSPS) is 21.5. The number of nitrogens with zero attached hydrogens (tertiary/aromatic N) is 3. The molecule has 1 aromatic heterocycles. The molecule has 2 atom stereocenters. The highest BCUT2D eigenvalue weighted by Crippen LogP contribution is 2.22. The first-order valence-corrected chi connectivity index (χ1v) is 7.02. The van der Waals surface area contributed by atoms with Gasteiger partial charge in [-0.1, -0.05) is 6.92 Å². The van der Waals surface area contributed by atoms with Crippen molar-refractivity contribution >= 4 is 5.91 Å². The summed E-state index contributed by atoms with van der Waals surface area (Å²) < 4.78 is 1.70. The predicted octanol–water partition coefficient (Wildman–Crippen LogP) is 1.22. The Morgan fingerprint density at radius 2 is 2.37 bits per heavy atom. The largest absolute Gasteiger partial charge is 0.393 e. The fraction of sp³-hybridized carbons (Fsp3) is 0.714. The Balaban J connectivity index is 2.14. The van der Waals surface area contributed by atoms with Crippen molar-refractivity contribution in [1.82, 2.24) is 14.7 Å². The summed E-state index contributed by atoms with van der Waals surface area (Å²) in [5.41, 5.74) is 1.56. The van der Waals surface area contributed by atoms with Gasteiger partial charge in [-0.15, -0.1) is 0 Å². The molecule has 1 amide bonds. The maximum absolute atomic E-state index is 12.6. The topological polar surface area (TPSA) is 58.4 Å². The first-order chi connectivity index (χ1) is 9.02. The van der Waals surface area contributed by atoms with Crippen LogP contribution >= 0.6 is 0 Å². The zero-order chi connectivity index (χ0) is 14.0.